The topological polar surface area (TPSA) is 58.6 Å². The highest BCUT2D eigenvalue weighted by molar-refractivity contribution is 5.93. The first-order valence-corrected chi connectivity index (χ1v) is 7.17. The van der Waals surface area contributed by atoms with Crippen LogP contribution in [0.15, 0.2) is 30.3 Å². The number of phenols is 1. The largest absolute Gasteiger partial charge is 0.506 e. The van der Waals surface area contributed by atoms with Gasteiger partial charge >= 0.3 is 0 Å². The number of hydrogen-bond donors (Lipinski definition) is 2. The van der Waals surface area contributed by atoms with Crippen molar-refractivity contribution in [3.05, 3.63) is 52.6 Å². The maximum absolute atomic E-state index is 12.0. The van der Waals surface area contributed by atoms with Gasteiger partial charge in [0, 0.05) is 0 Å². The van der Waals surface area contributed by atoms with E-state index in [9.17, 15) is 9.90 Å². The first kappa shape index (κ1) is 15.9. The van der Waals surface area contributed by atoms with Gasteiger partial charge in [-0.3, -0.25) is 4.79 Å². The average Bonchev–Trinajstić information content (AvgIpc) is 2.46. The Hall–Kier alpha value is -2.49. The predicted molar refractivity (Wildman–Crippen MR) is 87.6 cm³/mol. The summed E-state index contributed by atoms with van der Waals surface area (Å²) in [6, 6.07) is 9.11. The Morgan fingerprint density at radius 3 is 2.50 bits per heavy atom. The molecule has 0 aliphatic rings. The zero-order chi connectivity index (χ0) is 16.3. The van der Waals surface area contributed by atoms with Crippen LogP contribution in [0.5, 0.6) is 11.5 Å². The average molecular weight is 299 g/mol. The minimum absolute atomic E-state index is 0.0585. The molecule has 0 atom stereocenters. The highest BCUT2D eigenvalue weighted by Gasteiger charge is 2.10. The summed E-state index contributed by atoms with van der Waals surface area (Å²) in [4.78, 5) is 12.0. The Bertz CT molecular complexity index is 708. The second-order valence-electron chi connectivity index (χ2n) is 5.49. The molecule has 0 heterocycles. The van der Waals surface area contributed by atoms with Crippen LogP contribution in [0.25, 0.3) is 0 Å². The molecule has 2 aromatic rings. The van der Waals surface area contributed by atoms with Crippen LogP contribution in [0.3, 0.4) is 0 Å². The van der Waals surface area contributed by atoms with Gasteiger partial charge in [0.1, 0.15) is 11.5 Å². The van der Waals surface area contributed by atoms with Crippen LogP contribution in [0.2, 0.25) is 0 Å². The molecular weight excluding hydrogens is 278 g/mol. The zero-order valence-electron chi connectivity index (χ0n) is 13.4. The number of carbonyl (C=O) groups excluding carboxylic acids is 1. The van der Waals surface area contributed by atoms with Gasteiger partial charge in [-0.25, -0.2) is 0 Å². The SMILES string of the molecule is Cc1cc(O)c(NC(=O)COc2cccc(C)c2C)cc1C. The Balaban J connectivity index is 2.02. The number of anilines is 1. The predicted octanol–water partition coefficient (Wildman–Crippen LogP) is 3.64. The van der Waals surface area contributed by atoms with E-state index in [0.29, 0.717) is 11.4 Å². The Morgan fingerprint density at radius 1 is 1.09 bits per heavy atom. The molecule has 0 bridgehead atoms. The fourth-order valence-corrected chi connectivity index (χ4v) is 2.11. The van der Waals surface area contributed by atoms with E-state index < -0.39 is 0 Å². The van der Waals surface area contributed by atoms with E-state index in [-0.39, 0.29) is 18.3 Å². The normalized spacial score (nSPS) is 10.4. The Labute approximate surface area is 130 Å². The molecule has 1 amide bonds. The minimum Gasteiger partial charge on any atom is -0.506 e. The van der Waals surface area contributed by atoms with Gasteiger partial charge in [-0.2, -0.15) is 0 Å². The quantitative estimate of drug-likeness (QED) is 0.847. The van der Waals surface area contributed by atoms with Crippen molar-refractivity contribution in [1.82, 2.24) is 0 Å². The van der Waals surface area contributed by atoms with Crippen molar-refractivity contribution in [3.63, 3.8) is 0 Å². The van der Waals surface area contributed by atoms with Gasteiger partial charge in [-0.15, -0.1) is 0 Å². The minimum atomic E-state index is -0.306. The molecule has 0 unspecified atom stereocenters. The maximum Gasteiger partial charge on any atom is 0.262 e. The number of rotatable bonds is 4. The summed E-state index contributed by atoms with van der Waals surface area (Å²) >= 11 is 0. The summed E-state index contributed by atoms with van der Waals surface area (Å²) in [6.07, 6.45) is 0. The lowest BCUT2D eigenvalue weighted by Crippen LogP contribution is -2.20. The van der Waals surface area contributed by atoms with Crippen molar-refractivity contribution >= 4 is 11.6 Å². The van der Waals surface area contributed by atoms with Crippen molar-refractivity contribution in [2.45, 2.75) is 27.7 Å². The van der Waals surface area contributed by atoms with E-state index in [0.717, 1.165) is 22.3 Å². The molecule has 0 saturated heterocycles. The molecule has 22 heavy (non-hydrogen) atoms. The van der Waals surface area contributed by atoms with Crippen LogP contribution in [0.1, 0.15) is 22.3 Å². The summed E-state index contributed by atoms with van der Waals surface area (Å²) in [6.45, 7) is 7.69. The summed E-state index contributed by atoms with van der Waals surface area (Å²) in [5.41, 5.74) is 4.51. The highest BCUT2D eigenvalue weighted by atomic mass is 16.5. The Kier molecular flexibility index (Phi) is 4.71. The molecule has 4 heteroatoms. The van der Waals surface area contributed by atoms with E-state index >= 15 is 0 Å². The summed E-state index contributed by atoms with van der Waals surface area (Å²) in [5.74, 6) is 0.446. The second kappa shape index (κ2) is 6.52. The Morgan fingerprint density at radius 2 is 1.77 bits per heavy atom. The molecule has 2 rings (SSSR count). The lowest BCUT2D eigenvalue weighted by atomic mass is 10.1. The number of carbonyl (C=O) groups is 1. The number of aromatic hydroxyl groups is 1. The van der Waals surface area contributed by atoms with Crippen molar-refractivity contribution in [2.75, 3.05) is 11.9 Å². The summed E-state index contributed by atoms with van der Waals surface area (Å²) in [7, 11) is 0. The molecule has 0 radical (unpaired) electrons. The van der Waals surface area contributed by atoms with Gasteiger partial charge in [0.15, 0.2) is 6.61 Å². The molecule has 2 aromatic carbocycles. The van der Waals surface area contributed by atoms with E-state index in [1.54, 1.807) is 12.1 Å². The van der Waals surface area contributed by atoms with Gasteiger partial charge in [-0.1, -0.05) is 12.1 Å². The van der Waals surface area contributed by atoms with E-state index in [1.807, 2.05) is 45.9 Å². The van der Waals surface area contributed by atoms with Crippen molar-refractivity contribution in [1.29, 1.82) is 0 Å². The van der Waals surface area contributed by atoms with E-state index in [2.05, 4.69) is 5.32 Å². The fraction of sp³-hybridized carbons (Fsp3) is 0.278. The van der Waals surface area contributed by atoms with Crippen LogP contribution in [-0.4, -0.2) is 17.6 Å². The standard InChI is InChI=1S/C18H21NO3/c1-11-6-5-7-17(14(11)4)22-10-18(21)19-15-8-12(2)13(3)9-16(15)20/h5-9,20H,10H2,1-4H3,(H,19,21). The first-order chi connectivity index (χ1) is 10.4. The monoisotopic (exact) mass is 299 g/mol. The molecule has 0 saturated carbocycles. The number of hydrogen-bond acceptors (Lipinski definition) is 3. The molecule has 4 nitrogen and oxygen atoms in total. The zero-order valence-corrected chi connectivity index (χ0v) is 13.4. The lowest BCUT2D eigenvalue weighted by Gasteiger charge is -2.12. The highest BCUT2D eigenvalue weighted by Crippen LogP contribution is 2.27. The maximum atomic E-state index is 12.0. The molecular formula is C18H21NO3. The number of nitrogens with one attached hydrogen (secondary N) is 1. The molecule has 0 aliphatic carbocycles. The van der Waals surface area contributed by atoms with Crippen LogP contribution in [-0.2, 0) is 4.79 Å². The molecule has 2 N–H and O–H groups in total. The number of aryl methyl sites for hydroxylation is 3. The van der Waals surface area contributed by atoms with Crippen LogP contribution >= 0.6 is 0 Å². The number of amides is 1. The van der Waals surface area contributed by atoms with Gasteiger partial charge in [0.2, 0.25) is 0 Å². The number of benzene rings is 2. The lowest BCUT2D eigenvalue weighted by molar-refractivity contribution is -0.118. The van der Waals surface area contributed by atoms with Crippen LogP contribution in [0, 0.1) is 27.7 Å². The number of ether oxygens (including phenoxy) is 1. The van der Waals surface area contributed by atoms with Gasteiger partial charge in [0.05, 0.1) is 5.69 Å². The third-order valence-corrected chi connectivity index (χ3v) is 3.80. The molecule has 0 aliphatic heterocycles. The van der Waals surface area contributed by atoms with Crippen molar-refractivity contribution in [2.24, 2.45) is 0 Å². The van der Waals surface area contributed by atoms with Gasteiger partial charge in [-0.05, 0) is 68.1 Å². The van der Waals surface area contributed by atoms with E-state index in [4.69, 9.17) is 4.74 Å². The smallest absolute Gasteiger partial charge is 0.262 e. The van der Waals surface area contributed by atoms with Gasteiger partial charge < -0.3 is 15.2 Å². The van der Waals surface area contributed by atoms with Crippen molar-refractivity contribution < 1.29 is 14.6 Å². The number of phenolic OH excluding ortho intramolecular Hbond substituents is 1. The molecule has 116 valence electrons. The van der Waals surface area contributed by atoms with Crippen LogP contribution < -0.4 is 10.1 Å². The van der Waals surface area contributed by atoms with Crippen LogP contribution in [0.4, 0.5) is 5.69 Å². The summed E-state index contributed by atoms with van der Waals surface area (Å²) in [5, 5.41) is 12.5. The first-order valence-electron chi connectivity index (χ1n) is 7.17. The van der Waals surface area contributed by atoms with E-state index in [1.165, 1.54) is 0 Å². The summed E-state index contributed by atoms with van der Waals surface area (Å²) < 4.78 is 5.55. The third-order valence-electron chi connectivity index (χ3n) is 3.80. The third kappa shape index (κ3) is 3.58. The van der Waals surface area contributed by atoms with Crippen molar-refractivity contribution in [3.8, 4) is 11.5 Å². The molecule has 0 fully saturated rings. The second-order valence-corrected chi connectivity index (χ2v) is 5.49. The molecule has 0 aromatic heterocycles. The van der Waals surface area contributed by atoms with Gasteiger partial charge in [0.25, 0.3) is 5.91 Å². The fourth-order valence-electron chi connectivity index (χ4n) is 2.11. The molecule has 0 spiro atoms.